The second-order valence-corrected chi connectivity index (χ2v) is 7.03. The van der Waals surface area contributed by atoms with E-state index >= 15 is 0 Å². The van der Waals surface area contributed by atoms with E-state index in [-0.39, 0.29) is 6.04 Å². The molecule has 26 heavy (non-hydrogen) atoms. The number of aromatic nitrogens is 1. The van der Waals surface area contributed by atoms with Crippen LogP contribution in [0.4, 0.5) is 5.69 Å². The number of rotatable bonds is 5. The topological polar surface area (TPSA) is 64.1 Å². The summed E-state index contributed by atoms with van der Waals surface area (Å²) in [6.07, 6.45) is 0.611. The molecule has 3 aromatic rings. The Kier molecular flexibility index (Phi) is 5.63. The predicted molar refractivity (Wildman–Crippen MR) is 108 cm³/mol. The fourth-order valence-corrected chi connectivity index (χ4v) is 3.37. The lowest BCUT2D eigenvalue weighted by Gasteiger charge is -2.06. The summed E-state index contributed by atoms with van der Waals surface area (Å²) in [5.74, 6) is 12.8. The Bertz CT molecular complexity index is 1020. The van der Waals surface area contributed by atoms with Crippen molar-refractivity contribution in [1.82, 2.24) is 4.98 Å². The maximum Gasteiger partial charge on any atom is 0.177 e. The van der Waals surface area contributed by atoms with Crippen LogP contribution in [-0.2, 0) is 13.0 Å². The van der Waals surface area contributed by atoms with Crippen molar-refractivity contribution in [3.05, 3.63) is 45.5 Å². The lowest BCUT2D eigenvalue weighted by atomic mass is 10.1. The predicted octanol–water partition coefficient (Wildman–Crippen LogP) is 4.13. The summed E-state index contributed by atoms with van der Waals surface area (Å²) >= 11 is 1.71. The molecular formula is C21H21N3OS. The average molecular weight is 363 g/mol. The number of anilines is 1. The number of furan rings is 1. The van der Waals surface area contributed by atoms with Gasteiger partial charge < -0.3 is 15.5 Å². The van der Waals surface area contributed by atoms with Crippen molar-refractivity contribution in [3.8, 4) is 23.7 Å². The first-order valence-electron chi connectivity index (χ1n) is 8.46. The van der Waals surface area contributed by atoms with Gasteiger partial charge in [-0.15, -0.1) is 17.3 Å². The second kappa shape index (κ2) is 8.10. The van der Waals surface area contributed by atoms with Gasteiger partial charge >= 0.3 is 0 Å². The molecule has 132 valence electrons. The van der Waals surface area contributed by atoms with Crippen molar-refractivity contribution < 1.29 is 4.42 Å². The number of thiophene rings is 1. The first-order chi connectivity index (χ1) is 12.6. The standard InChI is InChI=1S/C21H21N3OS/c1-4-7-15-12-18(23-13-16-9-6-10-26-16)21-20(24-15)17(8-5-2)19(25-21)11-14(3)22/h6,9-10,12,14H,11,13,22H2,1-3H3,(H,23,24)/t14-/m0/s1. The molecule has 0 amide bonds. The molecule has 0 aromatic carbocycles. The van der Waals surface area contributed by atoms with E-state index in [1.165, 1.54) is 4.88 Å². The molecule has 0 aliphatic carbocycles. The van der Waals surface area contributed by atoms with Crippen molar-refractivity contribution in [2.75, 3.05) is 5.32 Å². The van der Waals surface area contributed by atoms with Gasteiger partial charge in [-0.3, -0.25) is 0 Å². The van der Waals surface area contributed by atoms with Gasteiger partial charge in [0, 0.05) is 23.9 Å². The number of fused-ring (bicyclic) bond motifs is 1. The highest BCUT2D eigenvalue weighted by Gasteiger charge is 2.19. The Morgan fingerprint density at radius 2 is 2.12 bits per heavy atom. The van der Waals surface area contributed by atoms with E-state index in [1.807, 2.05) is 19.1 Å². The van der Waals surface area contributed by atoms with Crippen LogP contribution in [0.15, 0.2) is 28.0 Å². The minimum Gasteiger partial charge on any atom is -0.456 e. The van der Waals surface area contributed by atoms with Crippen LogP contribution in [0.2, 0.25) is 0 Å². The van der Waals surface area contributed by atoms with Crippen LogP contribution in [0, 0.1) is 23.7 Å². The van der Waals surface area contributed by atoms with Gasteiger partial charge in [0.25, 0.3) is 0 Å². The van der Waals surface area contributed by atoms with Crippen molar-refractivity contribution >= 4 is 28.1 Å². The Morgan fingerprint density at radius 1 is 1.31 bits per heavy atom. The van der Waals surface area contributed by atoms with Gasteiger partial charge in [-0.05, 0) is 44.2 Å². The molecule has 3 aromatic heterocycles. The third-order valence-corrected chi connectivity index (χ3v) is 4.63. The summed E-state index contributed by atoms with van der Waals surface area (Å²) in [4.78, 5) is 5.91. The number of hydrogen-bond acceptors (Lipinski definition) is 5. The molecule has 0 unspecified atom stereocenters. The molecule has 0 saturated heterocycles. The van der Waals surface area contributed by atoms with Crippen LogP contribution in [0.25, 0.3) is 11.1 Å². The molecular weight excluding hydrogens is 342 g/mol. The summed E-state index contributed by atoms with van der Waals surface area (Å²) < 4.78 is 6.14. The Balaban J connectivity index is 2.13. The maximum atomic E-state index is 6.14. The highest BCUT2D eigenvalue weighted by Crippen LogP contribution is 2.31. The third-order valence-electron chi connectivity index (χ3n) is 3.76. The fraction of sp³-hybridized carbons (Fsp3) is 0.286. The summed E-state index contributed by atoms with van der Waals surface area (Å²) in [5.41, 5.74) is 9.80. The largest absolute Gasteiger partial charge is 0.456 e. The molecule has 1 atom stereocenters. The fourth-order valence-electron chi connectivity index (χ4n) is 2.72. The zero-order valence-electron chi connectivity index (χ0n) is 15.1. The minimum atomic E-state index is -0.0228. The number of nitrogens with one attached hydrogen (secondary N) is 1. The van der Waals surface area contributed by atoms with Crippen LogP contribution in [0.5, 0.6) is 0 Å². The third kappa shape index (κ3) is 3.91. The zero-order chi connectivity index (χ0) is 18.5. The lowest BCUT2D eigenvalue weighted by molar-refractivity contribution is 0.524. The Labute approximate surface area is 157 Å². The van der Waals surface area contributed by atoms with E-state index in [4.69, 9.17) is 10.2 Å². The molecule has 0 radical (unpaired) electrons. The van der Waals surface area contributed by atoms with E-state index in [0.29, 0.717) is 24.2 Å². The summed E-state index contributed by atoms with van der Waals surface area (Å²) in [5, 5.41) is 5.52. The summed E-state index contributed by atoms with van der Waals surface area (Å²) in [7, 11) is 0. The van der Waals surface area contributed by atoms with Crippen molar-refractivity contribution in [1.29, 1.82) is 0 Å². The Hall–Kier alpha value is -2.73. The number of nitrogens with zero attached hydrogens (tertiary/aromatic N) is 1. The normalized spacial score (nSPS) is 11.4. The van der Waals surface area contributed by atoms with Gasteiger partial charge in [-0.25, -0.2) is 4.98 Å². The van der Waals surface area contributed by atoms with E-state index in [0.717, 1.165) is 22.5 Å². The quantitative estimate of drug-likeness (QED) is 0.669. The lowest BCUT2D eigenvalue weighted by Crippen LogP contribution is -2.17. The number of nitrogens with two attached hydrogens (primary N) is 1. The first-order valence-corrected chi connectivity index (χ1v) is 9.34. The van der Waals surface area contributed by atoms with E-state index in [2.05, 4.69) is 45.4 Å². The van der Waals surface area contributed by atoms with Gasteiger partial charge in [0.15, 0.2) is 5.58 Å². The molecule has 3 rings (SSSR count). The molecule has 3 heterocycles. The van der Waals surface area contributed by atoms with Gasteiger partial charge in [0.05, 0.1) is 11.3 Å². The molecule has 3 N–H and O–H groups in total. The van der Waals surface area contributed by atoms with Gasteiger partial charge in [-0.2, -0.15) is 0 Å². The second-order valence-electron chi connectivity index (χ2n) is 6.00. The monoisotopic (exact) mass is 363 g/mol. The van der Waals surface area contributed by atoms with Crippen LogP contribution < -0.4 is 11.1 Å². The van der Waals surface area contributed by atoms with E-state index < -0.39 is 0 Å². The van der Waals surface area contributed by atoms with E-state index in [9.17, 15) is 0 Å². The van der Waals surface area contributed by atoms with Crippen molar-refractivity contribution in [3.63, 3.8) is 0 Å². The van der Waals surface area contributed by atoms with Crippen LogP contribution in [0.3, 0.4) is 0 Å². The zero-order valence-corrected chi connectivity index (χ0v) is 16.0. The highest BCUT2D eigenvalue weighted by molar-refractivity contribution is 7.09. The van der Waals surface area contributed by atoms with Crippen molar-refractivity contribution in [2.24, 2.45) is 5.73 Å². The molecule has 0 aliphatic rings. The van der Waals surface area contributed by atoms with Crippen LogP contribution in [-0.4, -0.2) is 11.0 Å². The smallest absolute Gasteiger partial charge is 0.177 e. The van der Waals surface area contributed by atoms with Crippen LogP contribution in [0.1, 0.15) is 42.7 Å². The molecule has 5 heteroatoms. The minimum absolute atomic E-state index is 0.0228. The highest BCUT2D eigenvalue weighted by atomic mass is 32.1. The van der Waals surface area contributed by atoms with Crippen molar-refractivity contribution in [2.45, 2.75) is 39.8 Å². The van der Waals surface area contributed by atoms with Gasteiger partial charge in [0.1, 0.15) is 17.0 Å². The summed E-state index contributed by atoms with van der Waals surface area (Å²) in [6.45, 7) is 6.27. The Morgan fingerprint density at radius 3 is 2.77 bits per heavy atom. The number of pyridine rings is 1. The SMILES string of the molecule is CC#Cc1cc(NCc2cccs2)c2oc(C[C@H](C)N)c(C#CC)c2n1. The first kappa shape index (κ1) is 18.1. The molecule has 0 bridgehead atoms. The van der Waals surface area contributed by atoms with Gasteiger partial charge in [0.2, 0.25) is 0 Å². The maximum absolute atomic E-state index is 6.14. The molecule has 4 nitrogen and oxygen atoms in total. The molecule has 0 aliphatic heterocycles. The van der Waals surface area contributed by atoms with Gasteiger partial charge in [-0.1, -0.05) is 17.9 Å². The summed E-state index contributed by atoms with van der Waals surface area (Å²) in [6, 6.07) is 6.04. The van der Waals surface area contributed by atoms with Crippen LogP contribution >= 0.6 is 11.3 Å². The average Bonchev–Trinajstić information content (AvgIpc) is 3.22. The molecule has 0 fully saturated rings. The number of hydrogen-bond donors (Lipinski definition) is 2. The molecule has 0 saturated carbocycles. The van der Waals surface area contributed by atoms with E-state index in [1.54, 1.807) is 25.2 Å². The molecule has 0 spiro atoms.